The van der Waals surface area contributed by atoms with Gasteiger partial charge in [-0.25, -0.2) is 4.98 Å². The maximum atomic E-state index is 12.2. The van der Waals surface area contributed by atoms with Gasteiger partial charge in [-0.05, 0) is 25.3 Å². The summed E-state index contributed by atoms with van der Waals surface area (Å²) in [7, 11) is 0. The molecule has 114 valence electrons. The molecule has 0 aliphatic carbocycles. The first-order valence-corrected chi connectivity index (χ1v) is 7.44. The van der Waals surface area contributed by atoms with Crippen molar-refractivity contribution in [3.8, 4) is 0 Å². The molecule has 3 rings (SSSR count). The van der Waals surface area contributed by atoms with Gasteiger partial charge in [-0.2, -0.15) is 0 Å². The number of ether oxygens (including phenoxy) is 1. The lowest BCUT2D eigenvalue weighted by Gasteiger charge is -2.06. The van der Waals surface area contributed by atoms with Gasteiger partial charge in [-0.15, -0.1) is 11.3 Å². The van der Waals surface area contributed by atoms with Crippen molar-refractivity contribution in [1.29, 1.82) is 0 Å². The first-order valence-electron chi connectivity index (χ1n) is 6.56. The summed E-state index contributed by atoms with van der Waals surface area (Å²) in [4.78, 5) is 28.9. The maximum absolute atomic E-state index is 12.2. The highest BCUT2D eigenvalue weighted by atomic mass is 32.1. The van der Waals surface area contributed by atoms with Crippen molar-refractivity contribution in [3.63, 3.8) is 0 Å². The lowest BCUT2D eigenvalue weighted by atomic mass is 10.2. The van der Waals surface area contributed by atoms with Crippen molar-refractivity contribution < 1.29 is 14.1 Å². The Bertz CT molecular complexity index is 874. The largest absolute Gasteiger partial charge is 0.459 e. The number of fused-ring (bicyclic) bond motifs is 1. The molecule has 0 atom stereocenters. The number of esters is 1. The molecule has 0 N–H and O–H groups in total. The molecule has 3 aromatic rings. The molecular formula is C14H13N3O4S. The fourth-order valence-corrected chi connectivity index (χ4v) is 2.77. The third kappa shape index (κ3) is 2.64. The molecular weight excluding hydrogens is 306 g/mol. The summed E-state index contributed by atoms with van der Waals surface area (Å²) in [5.41, 5.74) is 1.18. The van der Waals surface area contributed by atoms with Crippen LogP contribution in [0.4, 0.5) is 0 Å². The molecule has 0 aliphatic heterocycles. The quantitative estimate of drug-likeness (QED) is 0.682. The molecule has 0 aromatic carbocycles. The van der Waals surface area contributed by atoms with E-state index in [4.69, 9.17) is 9.26 Å². The van der Waals surface area contributed by atoms with Crippen molar-refractivity contribution >= 4 is 27.5 Å². The highest BCUT2D eigenvalue weighted by molar-refractivity contribution is 7.16. The van der Waals surface area contributed by atoms with Crippen LogP contribution in [0.5, 0.6) is 0 Å². The zero-order chi connectivity index (χ0) is 15.7. The summed E-state index contributed by atoms with van der Waals surface area (Å²) in [5.74, 6) is 0.0994. The highest BCUT2D eigenvalue weighted by Gasteiger charge is 2.13. The summed E-state index contributed by atoms with van der Waals surface area (Å²) in [6.07, 6.45) is 1.36. The molecule has 22 heavy (non-hydrogen) atoms. The van der Waals surface area contributed by atoms with E-state index in [1.807, 2.05) is 0 Å². The molecule has 0 fully saturated rings. The van der Waals surface area contributed by atoms with Crippen molar-refractivity contribution in [2.24, 2.45) is 0 Å². The number of nitrogens with zero attached hydrogens (tertiary/aromatic N) is 3. The zero-order valence-electron chi connectivity index (χ0n) is 12.0. The second kappa shape index (κ2) is 5.72. The van der Waals surface area contributed by atoms with Crippen LogP contribution in [0.3, 0.4) is 0 Å². The summed E-state index contributed by atoms with van der Waals surface area (Å²) < 4.78 is 11.4. The minimum atomic E-state index is -0.515. The molecule has 0 radical (unpaired) electrons. The molecule has 0 aliphatic rings. The van der Waals surface area contributed by atoms with Crippen LogP contribution in [0.2, 0.25) is 0 Å². The third-order valence-corrected chi connectivity index (χ3v) is 4.13. The van der Waals surface area contributed by atoms with Crippen LogP contribution < -0.4 is 5.56 Å². The van der Waals surface area contributed by atoms with E-state index in [9.17, 15) is 9.59 Å². The van der Waals surface area contributed by atoms with Crippen LogP contribution in [0.1, 0.15) is 17.0 Å². The fourth-order valence-electron chi connectivity index (χ4n) is 2.05. The molecule has 3 aromatic heterocycles. The van der Waals surface area contributed by atoms with E-state index in [0.717, 1.165) is 5.56 Å². The van der Waals surface area contributed by atoms with Crippen LogP contribution in [0.15, 0.2) is 27.1 Å². The first kappa shape index (κ1) is 14.5. The van der Waals surface area contributed by atoms with E-state index in [1.54, 1.807) is 25.3 Å². The molecule has 0 bridgehead atoms. The van der Waals surface area contributed by atoms with E-state index >= 15 is 0 Å². The second-order valence-electron chi connectivity index (χ2n) is 4.78. The van der Waals surface area contributed by atoms with Gasteiger partial charge >= 0.3 is 5.97 Å². The monoisotopic (exact) mass is 319 g/mol. The summed E-state index contributed by atoms with van der Waals surface area (Å²) in [6.45, 7) is 3.42. The van der Waals surface area contributed by atoms with Crippen LogP contribution in [-0.2, 0) is 22.7 Å². The van der Waals surface area contributed by atoms with Crippen molar-refractivity contribution in [2.45, 2.75) is 27.0 Å². The maximum Gasteiger partial charge on any atom is 0.326 e. The van der Waals surface area contributed by atoms with Gasteiger partial charge in [-0.3, -0.25) is 14.2 Å². The lowest BCUT2D eigenvalue weighted by molar-refractivity contribution is -0.145. The summed E-state index contributed by atoms with van der Waals surface area (Å²) >= 11 is 1.38. The zero-order valence-corrected chi connectivity index (χ0v) is 12.8. The molecule has 0 unspecified atom stereocenters. The number of carbonyl (C=O) groups excluding carboxylic acids is 1. The summed E-state index contributed by atoms with van der Waals surface area (Å²) in [5, 5.41) is 6.09. The Morgan fingerprint density at radius 2 is 2.27 bits per heavy atom. The van der Waals surface area contributed by atoms with Crippen LogP contribution in [0, 0.1) is 13.8 Å². The Kier molecular flexibility index (Phi) is 3.76. The van der Waals surface area contributed by atoms with Gasteiger partial charge in [-0.1, -0.05) is 5.16 Å². The molecule has 8 heteroatoms. The van der Waals surface area contributed by atoms with E-state index in [-0.39, 0.29) is 18.7 Å². The van der Waals surface area contributed by atoms with E-state index in [2.05, 4.69) is 10.1 Å². The number of hydrogen-bond donors (Lipinski definition) is 0. The Morgan fingerprint density at radius 1 is 1.45 bits per heavy atom. The van der Waals surface area contributed by atoms with Crippen molar-refractivity contribution in [1.82, 2.24) is 14.7 Å². The number of thiophene rings is 1. The Hall–Kier alpha value is -2.48. The lowest BCUT2D eigenvalue weighted by Crippen LogP contribution is -2.25. The number of aryl methyl sites for hydroxylation is 2. The highest BCUT2D eigenvalue weighted by Crippen LogP contribution is 2.14. The van der Waals surface area contributed by atoms with E-state index in [0.29, 0.717) is 21.7 Å². The van der Waals surface area contributed by atoms with Gasteiger partial charge in [0.05, 0.1) is 23.0 Å². The fraction of sp³-hybridized carbons (Fsp3) is 0.286. The predicted molar refractivity (Wildman–Crippen MR) is 79.7 cm³/mol. The van der Waals surface area contributed by atoms with E-state index in [1.165, 1.54) is 22.2 Å². The van der Waals surface area contributed by atoms with Crippen molar-refractivity contribution in [3.05, 3.63) is 45.1 Å². The van der Waals surface area contributed by atoms with Crippen LogP contribution >= 0.6 is 11.3 Å². The van der Waals surface area contributed by atoms with Crippen molar-refractivity contribution in [2.75, 3.05) is 0 Å². The van der Waals surface area contributed by atoms with Gasteiger partial charge in [0.25, 0.3) is 5.56 Å². The van der Waals surface area contributed by atoms with Crippen LogP contribution in [-0.4, -0.2) is 20.7 Å². The number of hydrogen-bond acceptors (Lipinski definition) is 7. The van der Waals surface area contributed by atoms with Crippen LogP contribution in [0.25, 0.3) is 10.2 Å². The second-order valence-corrected chi connectivity index (χ2v) is 5.68. The minimum Gasteiger partial charge on any atom is -0.459 e. The molecule has 3 heterocycles. The third-order valence-electron chi connectivity index (χ3n) is 3.31. The van der Waals surface area contributed by atoms with Gasteiger partial charge in [0, 0.05) is 0 Å². The Morgan fingerprint density at radius 3 is 3.00 bits per heavy atom. The Balaban J connectivity index is 1.71. The van der Waals surface area contributed by atoms with Gasteiger partial charge in [0.15, 0.2) is 0 Å². The Labute approximate surface area is 129 Å². The summed E-state index contributed by atoms with van der Waals surface area (Å²) in [6, 6.07) is 1.70. The first-order chi connectivity index (χ1) is 10.6. The average molecular weight is 319 g/mol. The molecule has 7 nitrogen and oxygen atoms in total. The smallest absolute Gasteiger partial charge is 0.326 e. The number of aromatic nitrogens is 3. The molecule has 0 spiro atoms. The van der Waals surface area contributed by atoms with Gasteiger partial charge < -0.3 is 9.26 Å². The average Bonchev–Trinajstić information content (AvgIpc) is 3.08. The number of carbonyl (C=O) groups is 1. The molecule has 0 amide bonds. The topological polar surface area (TPSA) is 87.2 Å². The minimum absolute atomic E-state index is 0.0723. The molecule has 0 saturated carbocycles. The standard InChI is InChI=1S/C14H13N3O4S/c1-8-11(9(2)21-16-8)6-20-12(18)5-17-7-15-13-10(14(17)19)3-4-22-13/h3-4,7H,5-6H2,1-2H3. The van der Waals surface area contributed by atoms with Gasteiger partial charge in [0.1, 0.15) is 23.7 Å². The SMILES string of the molecule is Cc1noc(C)c1COC(=O)Cn1cnc2sccc2c1=O. The van der Waals surface area contributed by atoms with E-state index < -0.39 is 5.97 Å². The predicted octanol–water partition coefficient (Wildman–Crippen LogP) is 1.81. The number of rotatable bonds is 4. The normalized spacial score (nSPS) is 11.0. The van der Waals surface area contributed by atoms with Gasteiger partial charge in [0.2, 0.25) is 0 Å². The molecule has 0 saturated heterocycles.